The van der Waals surface area contributed by atoms with E-state index in [-0.39, 0.29) is 11.2 Å². The molecule has 2 aromatic carbocycles. The molecule has 96 valence electrons. The van der Waals surface area contributed by atoms with Crippen LogP contribution < -0.4 is 0 Å². The first-order valence-electron chi connectivity index (χ1n) is 6.78. The summed E-state index contributed by atoms with van der Waals surface area (Å²) < 4.78 is 0. The van der Waals surface area contributed by atoms with Crippen LogP contribution in [0.3, 0.4) is 0 Å². The Morgan fingerprint density at radius 1 is 1.05 bits per heavy atom. The average Bonchev–Trinajstić information content (AvgIpc) is 3.14. The third kappa shape index (κ3) is 2.10. The maximum absolute atomic E-state index is 11.3. The zero-order chi connectivity index (χ0) is 13.5. The van der Waals surface area contributed by atoms with Crippen molar-refractivity contribution in [2.75, 3.05) is 0 Å². The summed E-state index contributed by atoms with van der Waals surface area (Å²) in [5.41, 5.74) is 3.78. The molecule has 0 aromatic heterocycles. The topological polar surface area (TPSA) is 17.1 Å². The van der Waals surface area contributed by atoms with Gasteiger partial charge in [-0.15, -0.1) is 0 Å². The van der Waals surface area contributed by atoms with Gasteiger partial charge in [-0.3, -0.25) is 4.79 Å². The fraction of sp³-hybridized carbons (Fsp3) is 0.278. The van der Waals surface area contributed by atoms with Gasteiger partial charge >= 0.3 is 0 Å². The van der Waals surface area contributed by atoms with Crippen LogP contribution in [0.25, 0.3) is 0 Å². The van der Waals surface area contributed by atoms with E-state index in [1.54, 1.807) is 6.92 Å². The highest BCUT2D eigenvalue weighted by atomic mass is 16.1. The van der Waals surface area contributed by atoms with Gasteiger partial charge in [0.25, 0.3) is 0 Å². The van der Waals surface area contributed by atoms with Crippen LogP contribution in [0.15, 0.2) is 54.6 Å². The minimum absolute atomic E-state index is 0.132. The van der Waals surface area contributed by atoms with E-state index >= 15 is 0 Å². The molecule has 0 radical (unpaired) electrons. The molecular weight excluding hydrogens is 232 g/mol. The van der Waals surface area contributed by atoms with Crippen LogP contribution in [0.2, 0.25) is 0 Å². The molecule has 3 rings (SSSR count). The van der Waals surface area contributed by atoms with E-state index in [0.717, 1.165) is 5.56 Å². The lowest BCUT2D eigenvalue weighted by molar-refractivity contribution is 0.101. The van der Waals surface area contributed by atoms with Crippen LogP contribution in [-0.2, 0) is 5.41 Å². The van der Waals surface area contributed by atoms with Crippen molar-refractivity contribution in [3.63, 3.8) is 0 Å². The van der Waals surface area contributed by atoms with Crippen molar-refractivity contribution in [3.05, 3.63) is 71.3 Å². The molecule has 1 aliphatic carbocycles. The minimum Gasteiger partial charge on any atom is -0.295 e. The molecule has 1 nitrogen and oxygen atoms in total. The molecule has 1 fully saturated rings. The van der Waals surface area contributed by atoms with Gasteiger partial charge in [-0.1, -0.05) is 61.5 Å². The first-order chi connectivity index (χ1) is 9.11. The van der Waals surface area contributed by atoms with E-state index < -0.39 is 0 Å². The molecule has 0 spiro atoms. The molecule has 0 amide bonds. The Hall–Kier alpha value is -1.89. The molecule has 2 atom stereocenters. The van der Waals surface area contributed by atoms with E-state index in [1.165, 1.54) is 17.5 Å². The van der Waals surface area contributed by atoms with Gasteiger partial charge in [0.1, 0.15) is 0 Å². The molecule has 0 heterocycles. The first-order valence-corrected chi connectivity index (χ1v) is 6.78. The Morgan fingerprint density at radius 3 is 2.26 bits per heavy atom. The van der Waals surface area contributed by atoms with Gasteiger partial charge in [-0.05, 0) is 35.8 Å². The third-order valence-corrected chi connectivity index (χ3v) is 4.39. The summed E-state index contributed by atoms with van der Waals surface area (Å²) in [5.74, 6) is 0.740. The number of carbonyl (C=O) groups excluding carboxylic acids is 1. The van der Waals surface area contributed by atoms with Crippen LogP contribution in [0.1, 0.15) is 47.7 Å². The van der Waals surface area contributed by atoms with Gasteiger partial charge in [0.15, 0.2) is 5.78 Å². The summed E-state index contributed by atoms with van der Waals surface area (Å²) in [4.78, 5) is 11.3. The van der Waals surface area contributed by atoms with Crippen molar-refractivity contribution in [1.29, 1.82) is 0 Å². The molecule has 1 aliphatic rings. The van der Waals surface area contributed by atoms with Crippen LogP contribution in [0.5, 0.6) is 0 Å². The smallest absolute Gasteiger partial charge is 0.159 e. The number of rotatable bonds is 3. The van der Waals surface area contributed by atoms with Crippen molar-refractivity contribution in [2.45, 2.75) is 31.6 Å². The predicted octanol–water partition coefficient (Wildman–Crippen LogP) is 4.33. The van der Waals surface area contributed by atoms with E-state index in [2.05, 4.69) is 49.4 Å². The molecule has 0 aliphatic heterocycles. The molecule has 0 bridgehead atoms. The highest BCUT2D eigenvalue weighted by Gasteiger charge is 2.51. The normalized spacial score (nSPS) is 25.1. The highest BCUT2D eigenvalue weighted by Crippen LogP contribution is 2.60. The molecule has 19 heavy (non-hydrogen) atoms. The van der Waals surface area contributed by atoms with Gasteiger partial charge in [-0.25, -0.2) is 0 Å². The number of ketones is 1. The van der Waals surface area contributed by atoms with Gasteiger partial charge in [0.05, 0.1) is 0 Å². The molecule has 0 N–H and O–H groups in total. The molecule has 1 heteroatoms. The predicted molar refractivity (Wildman–Crippen MR) is 77.6 cm³/mol. The zero-order valence-electron chi connectivity index (χ0n) is 11.4. The lowest BCUT2D eigenvalue weighted by Crippen LogP contribution is -2.04. The summed E-state index contributed by atoms with van der Waals surface area (Å²) in [5, 5.41) is 0. The van der Waals surface area contributed by atoms with Gasteiger partial charge in [0, 0.05) is 5.56 Å². The fourth-order valence-electron chi connectivity index (χ4n) is 2.94. The molecule has 0 unspecified atom stereocenters. The van der Waals surface area contributed by atoms with Gasteiger partial charge in [-0.2, -0.15) is 0 Å². The van der Waals surface area contributed by atoms with Crippen molar-refractivity contribution in [2.24, 2.45) is 0 Å². The summed E-state index contributed by atoms with van der Waals surface area (Å²) in [7, 11) is 0. The lowest BCUT2D eigenvalue weighted by Gasteiger charge is -2.12. The minimum atomic E-state index is 0.132. The van der Waals surface area contributed by atoms with E-state index in [0.29, 0.717) is 5.92 Å². The number of carbonyl (C=O) groups is 1. The highest BCUT2D eigenvalue weighted by molar-refractivity contribution is 5.94. The van der Waals surface area contributed by atoms with Crippen molar-refractivity contribution in [1.82, 2.24) is 0 Å². The lowest BCUT2D eigenvalue weighted by atomic mass is 9.92. The second-order valence-corrected chi connectivity index (χ2v) is 5.72. The van der Waals surface area contributed by atoms with Crippen molar-refractivity contribution in [3.8, 4) is 0 Å². The number of benzene rings is 2. The fourth-order valence-corrected chi connectivity index (χ4v) is 2.94. The van der Waals surface area contributed by atoms with Crippen molar-refractivity contribution < 1.29 is 4.79 Å². The maximum Gasteiger partial charge on any atom is 0.159 e. The summed E-state index contributed by atoms with van der Waals surface area (Å²) in [6, 6.07) is 18.8. The van der Waals surface area contributed by atoms with E-state index in [1.807, 2.05) is 12.1 Å². The second-order valence-electron chi connectivity index (χ2n) is 5.72. The SMILES string of the molecule is CC(=O)c1ccc([C@@]2(C)C[C@@H]2c2ccccc2)cc1. The first kappa shape index (κ1) is 12.2. The van der Waals surface area contributed by atoms with Crippen LogP contribution in [0.4, 0.5) is 0 Å². The third-order valence-electron chi connectivity index (χ3n) is 4.39. The summed E-state index contributed by atoms with van der Waals surface area (Å²) in [6.45, 7) is 3.92. The van der Waals surface area contributed by atoms with Crippen molar-refractivity contribution >= 4 is 5.78 Å². The Balaban J connectivity index is 1.86. The van der Waals surface area contributed by atoms with E-state index in [4.69, 9.17) is 0 Å². The zero-order valence-corrected chi connectivity index (χ0v) is 11.4. The summed E-state index contributed by atoms with van der Waals surface area (Å²) in [6.07, 6.45) is 1.19. The molecule has 2 aromatic rings. The monoisotopic (exact) mass is 250 g/mol. The van der Waals surface area contributed by atoms with Crippen LogP contribution >= 0.6 is 0 Å². The van der Waals surface area contributed by atoms with E-state index in [9.17, 15) is 4.79 Å². The molecule has 0 saturated heterocycles. The van der Waals surface area contributed by atoms with Gasteiger partial charge in [0.2, 0.25) is 0 Å². The molecule has 1 saturated carbocycles. The average molecular weight is 250 g/mol. The Morgan fingerprint density at radius 2 is 1.68 bits per heavy atom. The second kappa shape index (κ2) is 4.34. The quantitative estimate of drug-likeness (QED) is 0.741. The van der Waals surface area contributed by atoms with Gasteiger partial charge < -0.3 is 0 Å². The Bertz CT molecular complexity index is 597. The number of Topliss-reactive ketones (excluding diaryl/α,β-unsaturated/α-hetero) is 1. The summed E-state index contributed by atoms with van der Waals surface area (Å²) >= 11 is 0. The maximum atomic E-state index is 11.3. The number of hydrogen-bond donors (Lipinski definition) is 0. The standard InChI is InChI=1S/C18H18O/c1-13(19)14-8-10-16(11-9-14)18(2)12-17(18)15-6-4-3-5-7-15/h3-11,17H,12H2,1-2H3/t17-,18-/m1/s1. The number of hydrogen-bond acceptors (Lipinski definition) is 1. The van der Waals surface area contributed by atoms with Crippen LogP contribution in [0, 0.1) is 0 Å². The Labute approximate surface area is 114 Å². The molecular formula is C18H18O. The largest absolute Gasteiger partial charge is 0.295 e. The van der Waals surface area contributed by atoms with Crippen LogP contribution in [-0.4, -0.2) is 5.78 Å². The Kier molecular flexibility index (Phi) is 2.78.